The Balaban J connectivity index is 2.84. The van der Waals surface area contributed by atoms with E-state index < -0.39 is 11.5 Å². The van der Waals surface area contributed by atoms with Crippen LogP contribution in [0.1, 0.15) is 67.2 Å². The maximum Gasteiger partial charge on any atom is 0.312 e. The van der Waals surface area contributed by atoms with Gasteiger partial charge in [0.2, 0.25) is 0 Å². The van der Waals surface area contributed by atoms with Gasteiger partial charge in [0, 0.05) is 6.42 Å². The minimum Gasteiger partial charge on any atom is -0.448 e. The van der Waals surface area contributed by atoms with Crippen LogP contribution in [0.4, 0.5) is 0 Å². The molecule has 112 valence electrons. The fraction of sp³-hybridized carbons (Fsp3) is 0.722. The number of allylic oxidation sites excluding steroid dienone is 1. The summed E-state index contributed by atoms with van der Waals surface area (Å²) < 4.78 is 5.50. The maximum atomic E-state index is 12.0. The average molecular weight is 276 g/mol. The predicted octanol–water partition coefficient (Wildman–Crippen LogP) is 4.49. The number of rotatable bonds is 3. The first-order valence-electron chi connectivity index (χ1n) is 7.44. The summed E-state index contributed by atoms with van der Waals surface area (Å²) in [6, 6.07) is 0. The normalized spacial score (nSPS) is 20.2. The summed E-state index contributed by atoms with van der Waals surface area (Å²) in [6.45, 7) is 12.2. The molecule has 0 N–H and O–H groups in total. The van der Waals surface area contributed by atoms with E-state index in [2.05, 4.69) is 26.7 Å². The second kappa shape index (κ2) is 6.04. The molecule has 0 radical (unpaired) electrons. The monoisotopic (exact) mass is 276 g/mol. The van der Waals surface area contributed by atoms with Crippen LogP contribution in [0.2, 0.25) is 0 Å². The van der Waals surface area contributed by atoms with Gasteiger partial charge in [0.15, 0.2) is 6.10 Å². The van der Waals surface area contributed by atoms with E-state index in [1.807, 2.05) is 20.8 Å². The third-order valence-electron chi connectivity index (χ3n) is 4.12. The molecule has 20 heavy (non-hydrogen) atoms. The molecule has 0 aromatic carbocycles. The third-order valence-corrected chi connectivity index (χ3v) is 4.12. The molecule has 1 aliphatic rings. The van der Waals surface area contributed by atoms with Crippen molar-refractivity contribution in [3.8, 4) is 12.3 Å². The van der Waals surface area contributed by atoms with Crippen molar-refractivity contribution < 1.29 is 9.53 Å². The molecule has 1 atom stereocenters. The van der Waals surface area contributed by atoms with Crippen LogP contribution in [0.3, 0.4) is 0 Å². The molecule has 0 amide bonds. The van der Waals surface area contributed by atoms with E-state index in [1.165, 1.54) is 24.0 Å². The van der Waals surface area contributed by atoms with Crippen LogP contribution in [-0.4, -0.2) is 12.1 Å². The Morgan fingerprint density at radius 3 is 2.50 bits per heavy atom. The number of terminal acetylenes is 1. The highest BCUT2D eigenvalue weighted by Gasteiger charge is 2.32. The summed E-state index contributed by atoms with van der Waals surface area (Å²) >= 11 is 0. The van der Waals surface area contributed by atoms with Crippen molar-refractivity contribution in [2.45, 2.75) is 73.3 Å². The molecule has 0 bridgehead atoms. The van der Waals surface area contributed by atoms with Crippen molar-refractivity contribution in [3.05, 3.63) is 11.1 Å². The lowest BCUT2D eigenvalue weighted by Crippen LogP contribution is -2.30. The largest absolute Gasteiger partial charge is 0.448 e. The van der Waals surface area contributed by atoms with Crippen LogP contribution >= 0.6 is 0 Å². The molecule has 0 fully saturated rings. The van der Waals surface area contributed by atoms with Gasteiger partial charge in [-0.1, -0.05) is 30.9 Å². The molecule has 2 heteroatoms. The Kier molecular flexibility index (Phi) is 5.08. The molecule has 0 heterocycles. The lowest BCUT2D eigenvalue weighted by Gasteiger charge is -2.35. The number of carbonyl (C=O) groups is 1. The van der Waals surface area contributed by atoms with E-state index in [9.17, 15) is 4.79 Å². The lowest BCUT2D eigenvalue weighted by atomic mass is 9.71. The van der Waals surface area contributed by atoms with E-state index in [4.69, 9.17) is 11.2 Å². The summed E-state index contributed by atoms with van der Waals surface area (Å²) in [5, 5.41) is 0. The Bertz CT molecular complexity index is 441. The lowest BCUT2D eigenvalue weighted by molar-refractivity contribution is -0.155. The van der Waals surface area contributed by atoms with Crippen molar-refractivity contribution in [2.24, 2.45) is 10.8 Å². The van der Waals surface area contributed by atoms with Crippen LogP contribution < -0.4 is 0 Å². The zero-order valence-corrected chi connectivity index (χ0v) is 13.8. The quantitative estimate of drug-likeness (QED) is 0.431. The summed E-state index contributed by atoms with van der Waals surface area (Å²) in [4.78, 5) is 12.0. The van der Waals surface area contributed by atoms with Crippen molar-refractivity contribution >= 4 is 5.97 Å². The summed E-state index contributed by atoms with van der Waals surface area (Å²) in [6.07, 6.45) is 9.30. The number of esters is 1. The van der Waals surface area contributed by atoms with Gasteiger partial charge in [-0.05, 0) is 52.4 Å². The van der Waals surface area contributed by atoms with Crippen molar-refractivity contribution in [2.75, 3.05) is 0 Å². The fourth-order valence-electron chi connectivity index (χ4n) is 2.75. The first kappa shape index (κ1) is 16.8. The highest BCUT2D eigenvalue weighted by molar-refractivity contribution is 5.75. The van der Waals surface area contributed by atoms with E-state index in [1.54, 1.807) is 0 Å². The van der Waals surface area contributed by atoms with Crippen LogP contribution in [0.15, 0.2) is 11.1 Å². The number of carbonyl (C=O) groups excluding carboxylic acids is 1. The third kappa shape index (κ3) is 4.13. The molecular weight excluding hydrogens is 248 g/mol. The zero-order valence-electron chi connectivity index (χ0n) is 13.8. The number of hydrogen-bond donors (Lipinski definition) is 0. The highest BCUT2D eigenvalue weighted by atomic mass is 16.5. The van der Waals surface area contributed by atoms with Gasteiger partial charge in [-0.25, -0.2) is 0 Å². The minimum atomic E-state index is -0.513. The zero-order chi connectivity index (χ0) is 15.6. The van der Waals surface area contributed by atoms with Crippen LogP contribution in [0.5, 0.6) is 0 Å². The molecule has 0 aliphatic heterocycles. The second-order valence-corrected chi connectivity index (χ2v) is 7.51. The van der Waals surface area contributed by atoms with Crippen LogP contribution in [-0.2, 0) is 9.53 Å². The predicted molar refractivity (Wildman–Crippen MR) is 83.1 cm³/mol. The van der Waals surface area contributed by atoms with Gasteiger partial charge in [0.25, 0.3) is 0 Å². The first-order valence-corrected chi connectivity index (χ1v) is 7.44. The topological polar surface area (TPSA) is 26.3 Å². The molecule has 0 spiro atoms. The summed E-state index contributed by atoms with van der Waals surface area (Å²) in [5.41, 5.74) is 2.42. The minimum absolute atomic E-state index is 0.158. The summed E-state index contributed by atoms with van der Waals surface area (Å²) in [5.74, 6) is 2.40. The molecule has 0 saturated heterocycles. The van der Waals surface area contributed by atoms with Gasteiger partial charge in [-0.15, -0.1) is 6.42 Å². The highest BCUT2D eigenvalue weighted by Crippen LogP contribution is 2.42. The Hall–Kier alpha value is -1.23. The van der Waals surface area contributed by atoms with Crippen molar-refractivity contribution in [1.82, 2.24) is 0 Å². The maximum absolute atomic E-state index is 12.0. The molecule has 0 unspecified atom stereocenters. The number of hydrogen-bond acceptors (Lipinski definition) is 2. The Labute approximate surface area is 124 Å². The average Bonchev–Trinajstić information content (AvgIpc) is 2.30. The summed E-state index contributed by atoms with van der Waals surface area (Å²) in [7, 11) is 0. The van der Waals surface area contributed by atoms with E-state index in [0.29, 0.717) is 6.42 Å². The molecule has 0 saturated carbocycles. The molecule has 0 aromatic heterocycles. The number of ether oxygens (including phenoxy) is 1. The van der Waals surface area contributed by atoms with E-state index >= 15 is 0 Å². The Morgan fingerprint density at radius 2 is 2.05 bits per heavy atom. The van der Waals surface area contributed by atoms with Gasteiger partial charge < -0.3 is 4.74 Å². The standard InChI is InChI=1S/C18H28O2/c1-8-14(20-16(19)17(3,4)5)12-15-13(2)10-9-11-18(15,6)7/h1,14H,9-12H2,2-7H3/t14-/m1/s1. The van der Waals surface area contributed by atoms with Crippen LogP contribution in [0, 0.1) is 23.2 Å². The van der Waals surface area contributed by atoms with Gasteiger partial charge in [-0.2, -0.15) is 0 Å². The molecule has 0 aromatic rings. The molecule has 1 rings (SSSR count). The van der Waals surface area contributed by atoms with Gasteiger partial charge in [-0.3, -0.25) is 4.79 Å². The van der Waals surface area contributed by atoms with E-state index in [-0.39, 0.29) is 11.4 Å². The van der Waals surface area contributed by atoms with Crippen LogP contribution in [0.25, 0.3) is 0 Å². The SMILES string of the molecule is C#C[C@H](CC1=C(C)CCCC1(C)C)OC(=O)C(C)(C)C. The Morgan fingerprint density at radius 1 is 1.45 bits per heavy atom. The second-order valence-electron chi connectivity index (χ2n) is 7.51. The molecular formula is C18H28O2. The first-order chi connectivity index (χ1) is 9.08. The molecule has 2 nitrogen and oxygen atoms in total. The van der Waals surface area contributed by atoms with E-state index in [0.717, 1.165) is 6.42 Å². The molecule has 1 aliphatic carbocycles. The van der Waals surface area contributed by atoms with Crippen molar-refractivity contribution in [1.29, 1.82) is 0 Å². The van der Waals surface area contributed by atoms with Gasteiger partial charge >= 0.3 is 5.97 Å². The van der Waals surface area contributed by atoms with Gasteiger partial charge in [0.1, 0.15) is 0 Å². The fourth-order valence-corrected chi connectivity index (χ4v) is 2.75. The van der Waals surface area contributed by atoms with Gasteiger partial charge in [0.05, 0.1) is 5.41 Å². The smallest absolute Gasteiger partial charge is 0.312 e. The van der Waals surface area contributed by atoms with Crippen molar-refractivity contribution in [3.63, 3.8) is 0 Å².